The SMILES string of the molecule is C=C(/N=C\N(C)CN/C=C(\C)NC)NC1CC1. The fourth-order valence-corrected chi connectivity index (χ4v) is 1.12. The van der Waals surface area contributed by atoms with Gasteiger partial charge in [0.05, 0.1) is 13.0 Å². The third-order valence-corrected chi connectivity index (χ3v) is 2.41. The maximum absolute atomic E-state index is 4.24. The maximum atomic E-state index is 4.24. The first kappa shape index (κ1) is 13.4. The van der Waals surface area contributed by atoms with Crippen LogP contribution >= 0.6 is 0 Å². The minimum absolute atomic E-state index is 0.601. The standard InChI is InChI=1S/C12H23N5/c1-10(13-3)7-14-8-17(4)9-15-11(2)16-12-5-6-12/h7,9,12-14,16H,2,5-6,8H2,1,3-4H3/b10-7+,15-9-. The van der Waals surface area contributed by atoms with Crippen LogP contribution in [0.1, 0.15) is 19.8 Å². The minimum Gasteiger partial charge on any atom is -0.390 e. The largest absolute Gasteiger partial charge is 0.390 e. The van der Waals surface area contributed by atoms with Gasteiger partial charge in [-0.3, -0.25) is 0 Å². The van der Waals surface area contributed by atoms with E-state index in [0.29, 0.717) is 12.7 Å². The van der Waals surface area contributed by atoms with Crippen molar-refractivity contribution < 1.29 is 0 Å². The Morgan fingerprint density at radius 1 is 1.53 bits per heavy atom. The van der Waals surface area contributed by atoms with Gasteiger partial charge in [-0.15, -0.1) is 0 Å². The van der Waals surface area contributed by atoms with E-state index in [9.17, 15) is 0 Å². The Hall–Kier alpha value is -1.65. The van der Waals surface area contributed by atoms with E-state index >= 15 is 0 Å². The number of allylic oxidation sites excluding steroid dienone is 1. The van der Waals surface area contributed by atoms with E-state index in [-0.39, 0.29) is 0 Å². The van der Waals surface area contributed by atoms with Gasteiger partial charge < -0.3 is 20.9 Å². The summed E-state index contributed by atoms with van der Waals surface area (Å²) in [6, 6.07) is 0.601. The molecule has 0 saturated heterocycles. The van der Waals surface area contributed by atoms with Crippen molar-refractivity contribution in [2.24, 2.45) is 4.99 Å². The molecule has 0 aromatic carbocycles. The third kappa shape index (κ3) is 6.50. The number of aliphatic imine (C=N–C) groups is 1. The van der Waals surface area contributed by atoms with Gasteiger partial charge in [-0.25, -0.2) is 4.99 Å². The fourth-order valence-electron chi connectivity index (χ4n) is 1.12. The summed E-state index contributed by atoms with van der Waals surface area (Å²) in [7, 11) is 3.86. The zero-order valence-electron chi connectivity index (χ0n) is 11.0. The van der Waals surface area contributed by atoms with E-state index in [4.69, 9.17) is 0 Å². The molecule has 3 N–H and O–H groups in total. The van der Waals surface area contributed by atoms with E-state index in [1.54, 1.807) is 6.34 Å². The molecular formula is C12H23N5. The minimum atomic E-state index is 0.601. The zero-order valence-corrected chi connectivity index (χ0v) is 11.0. The Bertz CT molecular complexity index is 304. The topological polar surface area (TPSA) is 51.7 Å². The fraction of sp³-hybridized carbons (Fsp3) is 0.583. The molecule has 0 unspecified atom stereocenters. The molecule has 1 saturated carbocycles. The maximum Gasteiger partial charge on any atom is 0.120 e. The molecule has 0 bridgehead atoms. The Kier molecular flexibility index (Phi) is 5.39. The highest BCUT2D eigenvalue weighted by Gasteiger charge is 2.20. The lowest BCUT2D eigenvalue weighted by molar-refractivity contribution is 0.492. The van der Waals surface area contributed by atoms with E-state index < -0.39 is 0 Å². The summed E-state index contributed by atoms with van der Waals surface area (Å²) in [4.78, 5) is 6.20. The second kappa shape index (κ2) is 6.83. The molecule has 0 atom stereocenters. The predicted octanol–water partition coefficient (Wildman–Crippen LogP) is 0.797. The van der Waals surface area contributed by atoms with Gasteiger partial charge >= 0.3 is 0 Å². The molecule has 0 amide bonds. The summed E-state index contributed by atoms with van der Waals surface area (Å²) >= 11 is 0. The van der Waals surface area contributed by atoms with Crippen molar-refractivity contribution in [3.8, 4) is 0 Å². The predicted molar refractivity (Wildman–Crippen MR) is 72.4 cm³/mol. The van der Waals surface area contributed by atoms with Crippen LogP contribution in [-0.2, 0) is 0 Å². The van der Waals surface area contributed by atoms with Gasteiger partial charge in [-0.1, -0.05) is 6.58 Å². The smallest absolute Gasteiger partial charge is 0.120 e. The second-order valence-electron chi connectivity index (χ2n) is 4.31. The summed E-state index contributed by atoms with van der Waals surface area (Å²) in [5.41, 5.74) is 1.09. The summed E-state index contributed by atoms with van der Waals surface area (Å²) in [6.45, 7) is 6.56. The van der Waals surface area contributed by atoms with Crippen LogP contribution in [-0.4, -0.2) is 38.0 Å². The normalized spacial score (nSPS) is 15.8. The Morgan fingerprint density at radius 3 is 2.82 bits per heavy atom. The van der Waals surface area contributed by atoms with Crippen molar-refractivity contribution in [2.75, 3.05) is 20.8 Å². The Balaban J connectivity index is 2.16. The molecule has 0 radical (unpaired) electrons. The van der Waals surface area contributed by atoms with Crippen LogP contribution in [0.4, 0.5) is 0 Å². The van der Waals surface area contributed by atoms with Crippen molar-refractivity contribution in [3.63, 3.8) is 0 Å². The number of hydrogen-bond donors (Lipinski definition) is 3. The van der Waals surface area contributed by atoms with E-state index in [1.165, 1.54) is 12.8 Å². The Labute approximate surface area is 104 Å². The monoisotopic (exact) mass is 237 g/mol. The van der Waals surface area contributed by atoms with Gasteiger partial charge in [0.25, 0.3) is 0 Å². The molecule has 1 fully saturated rings. The summed E-state index contributed by atoms with van der Waals surface area (Å²) in [5.74, 6) is 0.737. The highest BCUT2D eigenvalue weighted by molar-refractivity contribution is 5.55. The highest BCUT2D eigenvalue weighted by atomic mass is 15.2. The number of nitrogens with one attached hydrogen (secondary N) is 3. The lowest BCUT2D eigenvalue weighted by Crippen LogP contribution is -2.28. The van der Waals surface area contributed by atoms with Crippen LogP contribution in [0.15, 0.2) is 29.3 Å². The lowest BCUT2D eigenvalue weighted by Gasteiger charge is -2.13. The van der Waals surface area contributed by atoms with Gasteiger partial charge in [0.15, 0.2) is 0 Å². The van der Waals surface area contributed by atoms with Gasteiger partial charge in [-0.05, 0) is 19.8 Å². The highest BCUT2D eigenvalue weighted by Crippen LogP contribution is 2.19. The number of rotatable bonds is 8. The zero-order chi connectivity index (χ0) is 12.7. The average Bonchev–Trinajstić information content (AvgIpc) is 3.10. The number of hydrogen-bond acceptors (Lipinski definition) is 4. The first-order chi connectivity index (χ1) is 8.11. The molecule has 0 heterocycles. The molecule has 0 aromatic heterocycles. The number of nitrogens with zero attached hydrogens (tertiary/aromatic N) is 2. The molecule has 0 aromatic rings. The van der Waals surface area contributed by atoms with Crippen molar-refractivity contribution in [3.05, 3.63) is 24.3 Å². The van der Waals surface area contributed by atoms with Crippen LogP contribution in [0.2, 0.25) is 0 Å². The molecule has 1 aliphatic carbocycles. The first-order valence-corrected chi connectivity index (χ1v) is 5.89. The van der Waals surface area contributed by atoms with Crippen LogP contribution in [0.3, 0.4) is 0 Å². The molecular weight excluding hydrogens is 214 g/mol. The van der Waals surface area contributed by atoms with Gasteiger partial charge in [0, 0.05) is 32.0 Å². The molecule has 17 heavy (non-hydrogen) atoms. The summed E-state index contributed by atoms with van der Waals surface area (Å²) in [6.07, 6.45) is 6.18. The van der Waals surface area contributed by atoms with Crippen molar-refractivity contribution in [2.45, 2.75) is 25.8 Å². The van der Waals surface area contributed by atoms with Gasteiger partial charge in [-0.2, -0.15) is 0 Å². The summed E-state index contributed by atoms with van der Waals surface area (Å²) in [5, 5.41) is 9.44. The quantitative estimate of drug-likeness (QED) is 0.332. The molecule has 96 valence electrons. The first-order valence-electron chi connectivity index (χ1n) is 5.89. The third-order valence-electron chi connectivity index (χ3n) is 2.41. The van der Waals surface area contributed by atoms with Gasteiger partial charge in [0.2, 0.25) is 0 Å². The van der Waals surface area contributed by atoms with Crippen molar-refractivity contribution in [1.29, 1.82) is 0 Å². The van der Waals surface area contributed by atoms with Crippen molar-refractivity contribution in [1.82, 2.24) is 20.9 Å². The van der Waals surface area contributed by atoms with Crippen molar-refractivity contribution >= 4 is 6.34 Å². The van der Waals surface area contributed by atoms with E-state index in [1.807, 2.05) is 32.1 Å². The van der Waals surface area contributed by atoms with Crippen LogP contribution in [0.25, 0.3) is 0 Å². The average molecular weight is 237 g/mol. The second-order valence-corrected chi connectivity index (χ2v) is 4.31. The van der Waals surface area contributed by atoms with Gasteiger partial charge in [0.1, 0.15) is 5.82 Å². The molecule has 0 spiro atoms. The molecule has 1 rings (SSSR count). The lowest BCUT2D eigenvalue weighted by atomic mass is 10.5. The summed E-state index contributed by atoms with van der Waals surface area (Å²) < 4.78 is 0. The molecule has 5 heteroatoms. The van der Waals surface area contributed by atoms with E-state index in [2.05, 4.69) is 27.5 Å². The Morgan fingerprint density at radius 2 is 2.24 bits per heavy atom. The van der Waals surface area contributed by atoms with E-state index in [0.717, 1.165) is 11.5 Å². The van der Waals surface area contributed by atoms with Crippen LogP contribution in [0.5, 0.6) is 0 Å². The van der Waals surface area contributed by atoms with Crippen LogP contribution in [0, 0.1) is 0 Å². The molecule has 0 aliphatic heterocycles. The molecule has 1 aliphatic rings. The molecule has 5 nitrogen and oxygen atoms in total. The van der Waals surface area contributed by atoms with Crippen LogP contribution < -0.4 is 16.0 Å².